The van der Waals surface area contributed by atoms with E-state index in [9.17, 15) is 0 Å². The van der Waals surface area contributed by atoms with Gasteiger partial charge in [0.05, 0.1) is 11.8 Å². The van der Waals surface area contributed by atoms with Gasteiger partial charge >= 0.3 is 0 Å². The molecular weight excluding hydrogens is 673 g/mol. The van der Waals surface area contributed by atoms with Crippen LogP contribution in [-0.2, 0) is 0 Å². The third-order valence-electron chi connectivity index (χ3n) is 12.0. The van der Waals surface area contributed by atoms with Gasteiger partial charge in [-0.15, -0.1) is 0 Å². The Morgan fingerprint density at radius 2 is 0.357 bits per heavy atom. The van der Waals surface area contributed by atoms with Gasteiger partial charge in [0.1, 0.15) is 0 Å². The van der Waals surface area contributed by atoms with Crippen molar-refractivity contribution < 1.29 is 0 Å². The Morgan fingerprint density at radius 1 is 0.196 bits per heavy atom. The molecule has 4 aliphatic carbocycles. The van der Waals surface area contributed by atoms with E-state index in [2.05, 4.69) is 206 Å². The third kappa shape index (κ3) is 4.37. The van der Waals surface area contributed by atoms with Crippen LogP contribution in [0.25, 0.3) is 55.7 Å². The van der Waals surface area contributed by atoms with Crippen molar-refractivity contribution in [2.75, 3.05) is 0 Å². The highest BCUT2D eigenvalue weighted by Crippen LogP contribution is 2.55. The van der Waals surface area contributed by atoms with Gasteiger partial charge in [-0.1, -0.05) is 206 Å². The number of benzene rings is 8. The minimum absolute atomic E-state index is 1.05. The second kappa shape index (κ2) is 12.2. The molecule has 0 nitrogen and oxygen atoms in total. The van der Waals surface area contributed by atoms with Crippen LogP contribution in [0.3, 0.4) is 0 Å². The maximum Gasteiger partial charge on any atom is 0.0734 e. The first-order valence-corrected chi connectivity index (χ1v) is 19.4. The summed E-state index contributed by atoms with van der Waals surface area (Å²) in [5.41, 5.74) is 24.3. The van der Waals surface area contributed by atoms with Crippen molar-refractivity contribution in [1.82, 2.24) is 0 Å². The number of rotatable bonds is 2. The SMILES string of the molecule is C(#CC([C]1c2ccccc2-c2ccccc21)=C1c2ccccc2-c2ccccc21)C([C]1c2ccccc2-c2ccccc21)=C1c2ccccc2-c2ccccc21. The molecule has 0 saturated heterocycles. The molecule has 0 N–H and O–H groups in total. The monoisotopic (exact) mass is 704 g/mol. The molecule has 0 aromatic heterocycles. The molecule has 2 radical (unpaired) electrons. The van der Waals surface area contributed by atoms with E-state index >= 15 is 0 Å². The zero-order valence-corrected chi connectivity index (χ0v) is 30.5. The predicted molar refractivity (Wildman–Crippen MR) is 230 cm³/mol. The van der Waals surface area contributed by atoms with Crippen LogP contribution in [0.4, 0.5) is 0 Å². The van der Waals surface area contributed by atoms with Gasteiger partial charge < -0.3 is 0 Å². The molecule has 56 heavy (non-hydrogen) atoms. The summed E-state index contributed by atoms with van der Waals surface area (Å²) in [6.07, 6.45) is 0. The minimum Gasteiger partial charge on any atom is -0.0643 e. The maximum absolute atomic E-state index is 4.06. The van der Waals surface area contributed by atoms with Crippen molar-refractivity contribution in [3.63, 3.8) is 0 Å². The molecule has 0 atom stereocenters. The number of hydrogen-bond donors (Lipinski definition) is 0. The molecule has 8 aromatic carbocycles. The predicted octanol–water partition coefficient (Wildman–Crippen LogP) is 13.3. The number of allylic oxidation sites excluding steroid dienone is 2. The normalized spacial score (nSPS) is 13.7. The van der Waals surface area contributed by atoms with E-state index in [1.54, 1.807) is 0 Å². The highest BCUT2D eigenvalue weighted by atomic mass is 14.4. The van der Waals surface area contributed by atoms with Crippen LogP contribution in [0.15, 0.2) is 205 Å². The quantitative estimate of drug-likeness (QED) is 0.157. The molecule has 0 fully saturated rings. The second-order valence-corrected chi connectivity index (χ2v) is 14.9. The first-order chi connectivity index (χ1) is 27.8. The van der Waals surface area contributed by atoms with Gasteiger partial charge in [-0.05, 0) is 89.0 Å². The van der Waals surface area contributed by atoms with E-state index in [1.807, 2.05) is 0 Å². The molecule has 12 rings (SSSR count). The highest BCUT2D eigenvalue weighted by molar-refractivity contribution is 6.08. The summed E-state index contributed by atoms with van der Waals surface area (Å²) in [5.74, 6) is 10.5. The lowest BCUT2D eigenvalue weighted by molar-refractivity contribution is 1.29. The van der Waals surface area contributed by atoms with Crippen LogP contribution in [0, 0.1) is 23.7 Å². The summed E-state index contributed by atoms with van der Waals surface area (Å²) in [5, 5.41) is 0. The van der Waals surface area contributed by atoms with E-state index in [1.165, 1.54) is 112 Å². The standard InChI is InChI=1S/C56H32/c1-9-25-43-35(17-1)36-18-2-10-26-44(36)53(43)51(54-45-27-11-3-19-37(45)38-20-4-12-28-46(38)54)33-34-52(55-47-29-13-5-21-39(47)40-22-6-14-30-48(40)55)56-49-31-15-7-23-41(49)42-24-8-16-32-50(42)56/h1-32H. The van der Waals surface area contributed by atoms with Gasteiger partial charge in [0.15, 0.2) is 0 Å². The lowest BCUT2D eigenvalue weighted by Crippen LogP contribution is -2.07. The molecule has 8 aromatic rings. The highest BCUT2D eigenvalue weighted by Gasteiger charge is 2.38. The maximum atomic E-state index is 4.06. The average Bonchev–Trinajstić information content (AvgIpc) is 3.99. The number of hydrogen-bond acceptors (Lipinski definition) is 0. The van der Waals surface area contributed by atoms with E-state index in [0.717, 1.165) is 11.1 Å². The van der Waals surface area contributed by atoms with E-state index in [4.69, 9.17) is 0 Å². The van der Waals surface area contributed by atoms with Crippen LogP contribution >= 0.6 is 0 Å². The summed E-state index contributed by atoms with van der Waals surface area (Å²) < 4.78 is 0. The molecule has 0 heteroatoms. The summed E-state index contributed by atoms with van der Waals surface area (Å²) in [4.78, 5) is 0. The van der Waals surface area contributed by atoms with Crippen molar-refractivity contribution in [1.29, 1.82) is 0 Å². The molecule has 0 heterocycles. The molecule has 0 amide bonds. The molecule has 0 unspecified atom stereocenters. The van der Waals surface area contributed by atoms with Crippen molar-refractivity contribution in [3.05, 3.63) is 262 Å². The zero-order valence-electron chi connectivity index (χ0n) is 30.5. The largest absolute Gasteiger partial charge is 0.0734 e. The lowest BCUT2D eigenvalue weighted by atomic mass is 9.81. The second-order valence-electron chi connectivity index (χ2n) is 14.9. The summed E-state index contributed by atoms with van der Waals surface area (Å²) in [7, 11) is 0. The van der Waals surface area contributed by atoms with E-state index in [0.29, 0.717) is 0 Å². The van der Waals surface area contributed by atoms with Gasteiger partial charge in [0, 0.05) is 22.3 Å². The molecule has 0 bridgehead atoms. The Morgan fingerprint density at radius 3 is 0.571 bits per heavy atom. The van der Waals surface area contributed by atoms with Crippen molar-refractivity contribution >= 4 is 11.1 Å². The van der Waals surface area contributed by atoms with Crippen molar-refractivity contribution in [3.8, 4) is 56.3 Å². The van der Waals surface area contributed by atoms with Crippen LogP contribution in [0.2, 0.25) is 0 Å². The first-order valence-electron chi connectivity index (χ1n) is 19.4. The molecule has 256 valence electrons. The Labute approximate surface area is 327 Å². The van der Waals surface area contributed by atoms with Gasteiger partial charge in [0.2, 0.25) is 0 Å². The Bertz CT molecular complexity index is 2710. The van der Waals surface area contributed by atoms with Crippen LogP contribution < -0.4 is 0 Å². The molecule has 0 saturated carbocycles. The van der Waals surface area contributed by atoms with Gasteiger partial charge in [-0.2, -0.15) is 0 Å². The Balaban J connectivity index is 1.22. The smallest absolute Gasteiger partial charge is 0.0643 e. The van der Waals surface area contributed by atoms with E-state index in [-0.39, 0.29) is 0 Å². The topological polar surface area (TPSA) is 0 Å². The average molecular weight is 705 g/mol. The summed E-state index contributed by atoms with van der Waals surface area (Å²) in [6.45, 7) is 0. The Kier molecular flexibility index (Phi) is 6.77. The summed E-state index contributed by atoms with van der Waals surface area (Å²) >= 11 is 0. The van der Waals surface area contributed by atoms with Crippen molar-refractivity contribution in [2.45, 2.75) is 0 Å². The third-order valence-corrected chi connectivity index (χ3v) is 12.0. The number of fused-ring (bicyclic) bond motifs is 12. The minimum atomic E-state index is 1.05. The molecule has 0 aliphatic heterocycles. The summed E-state index contributed by atoms with van der Waals surface area (Å²) in [6, 6.07) is 70.9. The van der Waals surface area contributed by atoms with E-state index < -0.39 is 0 Å². The Hall–Kier alpha value is -7.20. The van der Waals surface area contributed by atoms with Crippen LogP contribution in [0.1, 0.15) is 44.5 Å². The fourth-order valence-electron chi connectivity index (χ4n) is 9.77. The first kappa shape index (κ1) is 31.2. The molecular formula is C56H32. The fraction of sp³-hybridized carbons (Fsp3) is 0. The van der Waals surface area contributed by atoms with Gasteiger partial charge in [-0.3, -0.25) is 0 Å². The zero-order chi connectivity index (χ0) is 36.7. The van der Waals surface area contributed by atoms with Gasteiger partial charge in [-0.25, -0.2) is 0 Å². The molecule has 0 spiro atoms. The van der Waals surface area contributed by atoms with Crippen molar-refractivity contribution in [2.24, 2.45) is 0 Å². The fourth-order valence-corrected chi connectivity index (χ4v) is 9.77. The molecule has 4 aliphatic rings. The van der Waals surface area contributed by atoms with Crippen LogP contribution in [-0.4, -0.2) is 0 Å². The lowest BCUT2D eigenvalue weighted by Gasteiger charge is -2.19. The van der Waals surface area contributed by atoms with Gasteiger partial charge in [0.25, 0.3) is 0 Å². The van der Waals surface area contributed by atoms with Crippen LogP contribution in [0.5, 0.6) is 0 Å².